The SMILES string of the molecule is NCCNC(=O)C1CCCN(C(=O)c2ccn(-c3cccc([N+](=O)[O-])c3)n2)C1. The first-order valence-corrected chi connectivity index (χ1v) is 9.07. The van der Waals surface area contributed by atoms with Crippen LogP contribution in [0.5, 0.6) is 0 Å². The van der Waals surface area contributed by atoms with Gasteiger partial charge in [0.05, 0.1) is 16.5 Å². The van der Waals surface area contributed by atoms with E-state index < -0.39 is 4.92 Å². The minimum atomic E-state index is -0.483. The number of non-ortho nitro benzene ring substituents is 1. The third kappa shape index (κ3) is 4.34. The van der Waals surface area contributed by atoms with Gasteiger partial charge in [0, 0.05) is 44.5 Å². The van der Waals surface area contributed by atoms with E-state index in [1.54, 1.807) is 29.3 Å². The molecule has 1 aliphatic rings. The Kier molecular flexibility index (Phi) is 5.99. The van der Waals surface area contributed by atoms with Crippen molar-refractivity contribution in [3.05, 3.63) is 52.3 Å². The van der Waals surface area contributed by atoms with Gasteiger partial charge in [-0.05, 0) is 25.0 Å². The number of nitrogens with two attached hydrogens (primary N) is 1. The van der Waals surface area contributed by atoms with Gasteiger partial charge in [0.2, 0.25) is 5.91 Å². The fraction of sp³-hybridized carbons (Fsp3) is 0.389. The number of nitro benzene ring substituents is 1. The molecule has 2 aromatic rings. The van der Waals surface area contributed by atoms with Gasteiger partial charge in [-0.25, -0.2) is 4.68 Å². The summed E-state index contributed by atoms with van der Waals surface area (Å²) in [6.07, 6.45) is 3.04. The average Bonchev–Trinajstić information content (AvgIpc) is 3.22. The lowest BCUT2D eigenvalue weighted by molar-refractivity contribution is -0.384. The average molecular weight is 386 g/mol. The molecule has 1 saturated heterocycles. The zero-order valence-electron chi connectivity index (χ0n) is 15.3. The Morgan fingerprint density at radius 3 is 2.93 bits per heavy atom. The largest absolute Gasteiger partial charge is 0.355 e. The molecule has 0 spiro atoms. The number of benzene rings is 1. The van der Waals surface area contributed by atoms with Crippen molar-refractivity contribution in [2.45, 2.75) is 12.8 Å². The van der Waals surface area contributed by atoms with Gasteiger partial charge in [-0.15, -0.1) is 0 Å². The molecule has 1 aliphatic heterocycles. The summed E-state index contributed by atoms with van der Waals surface area (Å²) in [5.74, 6) is -0.617. The maximum absolute atomic E-state index is 12.8. The van der Waals surface area contributed by atoms with Crippen LogP contribution < -0.4 is 11.1 Å². The summed E-state index contributed by atoms with van der Waals surface area (Å²) < 4.78 is 1.43. The Labute approximate surface area is 161 Å². The van der Waals surface area contributed by atoms with Crippen molar-refractivity contribution in [2.75, 3.05) is 26.2 Å². The third-order valence-electron chi connectivity index (χ3n) is 4.64. The molecule has 1 aromatic heterocycles. The van der Waals surface area contributed by atoms with Crippen LogP contribution in [0.15, 0.2) is 36.5 Å². The zero-order chi connectivity index (χ0) is 20.1. The molecule has 10 nitrogen and oxygen atoms in total. The van der Waals surface area contributed by atoms with Crippen LogP contribution in [0.25, 0.3) is 5.69 Å². The molecule has 3 N–H and O–H groups in total. The topological polar surface area (TPSA) is 136 Å². The number of amides is 2. The highest BCUT2D eigenvalue weighted by atomic mass is 16.6. The number of nitrogens with zero attached hydrogens (tertiary/aromatic N) is 4. The molecule has 1 atom stereocenters. The number of piperidine rings is 1. The van der Waals surface area contributed by atoms with Crippen molar-refractivity contribution < 1.29 is 14.5 Å². The molecule has 1 aromatic carbocycles. The van der Waals surface area contributed by atoms with Gasteiger partial charge in [-0.1, -0.05) is 6.07 Å². The molecule has 0 radical (unpaired) electrons. The molecular weight excluding hydrogens is 364 g/mol. The van der Waals surface area contributed by atoms with Crippen molar-refractivity contribution in [2.24, 2.45) is 11.7 Å². The van der Waals surface area contributed by atoms with Crippen molar-refractivity contribution in [3.63, 3.8) is 0 Å². The first-order chi connectivity index (χ1) is 13.5. The number of carbonyl (C=O) groups excluding carboxylic acids is 2. The number of carbonyl (C=O) groups is 2. The van der Waals surface area contributed by atoms with Gasteiger partial charge in [0.15, 0.2) is 5.69 Å². The lowest BCUT2D eigenvalue weighted by Crippen LogP contribution is -2.46. The second kappa shape index (κ2) is 8.61. The van der Waals surface area contributed by atoms with E-state index >= 15 is 0 Å². The summed E-state index contributed by atoms with van der Waals surface area (Å²) in [7, 11) is 0. The van der Waals surface area contributed by atoms with E-state index in [0.717, 1.165) is 12.8 Å². The van der Waals surface area contributed by atoms with Crippen LogP contribution in [0.1, 0.15) is 23.3 Å². The van der Waals surface area contributed by atoms with Gasteiger partial charge in [-0.2, -0.15) is 5.10 Å². The van der Waals surface area contributed by atoms with Crippen LogP contribution in [0.4, 0.5) is 5.69 Å². The van der Waals surface area contributed by atoms with Crippen molar-refractivity contribution in [3.8, 4) is 5.69 Å². The minimum absolute atomic E-state index is 0.0526. The standard InChI is InChI=1S/C18H22N6O4/c19-7-8-20-17(25)13-3-2-9-22(12-13)18(26)16-6-10-23(21-16)14-4-1-5-15(11-14)24(27)28/h1,4-6,10-11,13H,2-3,7-9,12,19H2,(H,20,25). The summed E-state index contributed by atoms with van der Waals surface area (Å²) in [4.78, 5) is 37.0. The number of nitrogens with one attached hydrogen (secondary N) is 1. The van der Waals surface area contributed by atoms with Gasteiger partial charge < -0.3 is 16.0 Å². The summed E-state index contributed by atoms with van der Waals surface area (Å²) >= 11 is 0. The van der Waals surface area contributed by atoms with Gasteiger partial charge in [0.25, 0.3) is 11.6 Å². The van der Waals surface area contributed by atoms with Gasteiger partial charge >= 0.3 is 0 Å². The molecule has 28 heavy (non-hydrogen) atoms. The Morgan fingerprint density at radius 2 is 2.18 bits per heavy atom. The van der Waals surface area contributed by atoms with E-state index in [9.17, 15) is 19.7 Å². The molecule has 2 amide bonds. The fourth-order valence-corrected chi connectivity index (χ4v) is 3.21. The predicted octanol–water partition coefficient (Wildman–Crippen LogP) is 0.708. The fourth-order valence-electron chi connectivity index (χ4n) is 3.21. The van der Waals surface area contributed by atoms with E-state index in [1.807, 2.05) is 0 Å². The maximum atomic E-state index is 12.8. The monoisotopic (exact) mass is 386 g/mol. The summed E-state index contributed by atoms with van der Waals surface area (Å²) in [5.41, 5.74) is 6.08. The zero-order valence-corrected chi connectivity index (χ0v) is 15.3. The third-order valence-corrected chi connectivity index (χ3v) is 4.64. The molecular formula is C18H22N6O4. The molecule has 0 saturated carbocycles. The van der Waals surface area contributed by atoms with Crippen molar-refractivity contribution in [1.29, 1.82) is 0 Å². The van der Waals surface area contributed by atoms with E-state index in [4.69, 9.17) is 5.73 Å². The summed E-state index contributed by atoms with van der Waals surface area (Å²) in [6.45, 7) is 1.68. The van der Waals surface area contributed by atoms with Crippen LogP contribution in [-0.4, -0.2) is 57.6 Å². The van der Waals surface area contributed by atoms with E-state index in [0.29, 0.717) is 31.9 Å². The van der Waals surface area contributed by atoms with Crippen molar-refractivity contribution >= 4 is 17.5 Å². The predicted molar refractivity (Wildman–Crippen MR) is 101 cm³/mol. The molecule has 2 heterocycles. The van der Waals surface area contributed by atoms with Crippen LogP contribution in [0.2, 0.25) is 0 Å². The Bertz CT molecular complexity index is 880. The number of likely N-dealkylation sites (tertiary alicyclic amines) is 1. The molecule has 1 unspecified atom stereocenters. The quantitative estimate of drug-likeness (QED) is 0.554. The second-order valence-corrected chi connectivity index (χ2v) is 6.59. The van der Waals surface area contributed by atoms with Crippen LogP contribution in [-0.2, 0) is 4.79 Å². The molecule has 3 rings (SSSR count). The van der Waals surface area contributed by atoms with Gasteiger partial charge in [-0.3, -0.25) is 19.7 Å². The van der Waals surface area contributed by atoms with Crippen LogP contribution in [0.3, 0.4) is 0 Å². The maximum Gasteiger partial charge on any atom is 0.274 e. The number of hydrogen-bond donors (Lipinski definition) is 2. The number of rotatable bonds is 6. The number of nitro groups is 1. The first kappa shape index (κ1) is 19.5. The molecule has 1 fully saturated rings. The lowest BCUT2D eigenvalue weighted by Gasteiger charge is -2.31. The smallest absolute Gasteiger partial charge is 0.274 e. The lowest BCUT2D eigenvalue weighted by atomic mass is 9.97. The summed E-state index contributed by atoms with van der Waals surface area (Å²) in [6, 6.07) is 7.58. The van der Waals surface area contributed by atoms with E-state index in [-0.39, 0.29) is 29.1 Å². The van der Waals surface area contributed by atoms with Crippen LogP contribution in [0, 0.1) is 16.0 Å². The van der Waals surface area contributed by atoms with Crippen molar-refractivity contribution in [1.82, 2.24) is 20.0 Å². The normalized spacial score (nSPS) is 16.6. The van der Waals surface area contributed by atoms with Crippen LogP contribution >= 0.6 is 0 Å². The second-order valence-electron chi connectivity index (χ2n) is 6.59. The highest BCUT2D eigenvalue weighted by molar-refractivity contribution is 5.93. The molecule has 148 valence electrons. The molecule has 10 heteroatoms. The van der Waals surface area contributed by atoms with E-state index in [2.05, 4.69) is 10.4 Å². The highest BCUT2D eigenvalue weighted by Gasteiger charge is 2.29. The highest BCUT2D eigenvalue weighted by Crippen LogP contribution is 2.20. The van der Waals surface area contributed by atoms with Gasteiger partial charge in [0.1, 0.15) is 0 Å². The Hall–Kier alpha value is -3.27. The van der Waals surface area contributed by atoms with E-state index in [1.165, 1.54) is 16.8 Å². The minimum Gasteiger partial charge on any atom is -0.355 e. The molecule has 0 aliphatic carbocycles. The summed E-state index contributed by atoms with van der Waals surface area (Å²) in [5, 5.41) is 18.0. The first-order valence-electron chi connectivity index (χ1n) is 9.07. The Morgan fingerprint density at radius 1 is 1.36 bits per heavy atom. The number of hydrogen-bond acceptors (Lipinski definition) is 6. The Balaban J connectivity index is 1.71. The molecule has 0 bridgehead atoms. The number of aromatic nitrogens is 2.